The smallest absolute Gasteiger partial charge is 0.287 e. The molecule has 21 heavy (non-hydrogen) atoms. The molecule has 0 aliphatic heterocycles. The Morgan fingerprint density at radius 3 is 2.86 bits per heavy atom. The summed E-state index contributed by atoms with van der Waals surface area (Å²) < 4.78 is 5.15. The van der Waals surface area contributed by atoms with Gasteiger partial charge in [0.15, 0.2) is 5.16 Å². The van der Waals surface area contributed by atoms with Gasteiger partial charge in [0, 0.05) is 12.1 Å². The number of fused-ring (bicyclic) bond motifs is 1. The zero-order valence-electron chi connectivity index (χ0n) is 10.9. The van der Waals surface area contributed by atoms with Gasteiger partial charge in [-0.1, -0.05) is 0 Å². The van der Waals surface area contributed by atoms with Crippen LogP contribution in [0.2, 0.25) is 0 Å². The average molecular weight is 302 g/mol. The highest BCUT2D eigenvalue weighted by Crippen LogP contribution is 2.28. The summed E-state index contributed by atoms with van der Waals surface area (Å²) in [6, 6.07) is 8.56. The zero-order chi connectivity index (χ0) is 14.8. The highest BCUT2D eigenvalue weighted by molar-refractivity contribution is 7.99. The number of ether oxygens (including phenoxy) is 1. The van der Waals surface area contributed by atoms with Gasteiger partial charge in [0.25, 0.3) is 5.69 Å². The minimum absolute atomic E-state index is 0.0336. The lowest BCUT2D eigenvalue weighted by Gasteiger charge is -1.97. The van der Waals surface area contributed by atoms with Gasteiger partial charge in [-0.2, -0.15) is 0 Å². The van der Waals surface area contributed by atoms with Crippen molar-refractivity contribution in [2.24, 2.45) is 0 Å². The van der Waals surface area contributed by atoms with Gasteiger partial charge < -0.3 is 9.72 Å². The molecule has 0 unspecified atom stereocenters. The molecule has 0 aliphatic rings. The Morgan fingerprint density at radius 2 is 2.19 bits per heavy atom. The Hall–Kier alpha value is -2.61. The molecule has 0 amide bonds. The fourth-order valence-electron chi connectivity index (χ4n) is 1.78. The summed E-state index contributed by atoms with van der Waals surface area (Å²) >= 11 is 1.31. The maximum atomic E-state index is 10.6. The number of rotatable bonds is 4. The molecule has 0 atom stereocenters. The second kappa shape index (κ2) is 5.41. The van der Waals surface area contributed by atoms with Crippen molar-refractivity contribution in [2.45, 2.75) is 10.2 Å². The van der Waals surface area contributed by atoms with Gasteiger partial charge in [0.1, 0.15) is 17.0 Å². The second-order valence-corrected chi connectivity index (χ2v) is 5.15. The predicted molar refractivity (Wildman–Crippen MR) is 77.7 cm³/mol. The van der Waals surface area contributed by atoms with E-state index in [1.807, 2.05) is 18.2 Å². The van der Waals surface area contributed by atoms with Crippen molar-refractivity contribution in [1.82, 2.24) is 15.0 Å². The molecule has 0 bridgehead atoms. The summed E-state index contributed by atoms with van der Waals surface area (Å²) in [5.41, 5.74) is 1.65. The number of nitrogens with zero attached hydrogens (tertiary/aromatic N) is 3. The van der Waals surface area contributed by atoms with E-state index >= 15 is 0 Å². The van der Waals surface area contributed by atoms with Crippen molar-refractivity contribution in [2.75, 3.05) is 7.11 Å². The van der Waals surface area contributed by atoms with Gasteiger partial charge >= 0.3 is 0 Å². The number of nitro groups is 1. The molecule has 3 aromatic rings. The molecule has 0 fully saturated rings. The molecule has 106 valence electrons. The highest BCUT2D eigenvalue weighted by Gasteiger charge is 2.09. The van der Waals surface area contributed by atoms with E-state index in [-0.39, 0.29) is 5.69 Å². The van der Waals surface area contributed by atoms with E-state index in [4.69, 9.17) is 4.74 Å². The SMILES string of the molecule is COc1ccc2nc(Sc3ccc([N+](=O)[O-])cn3)[nH]c2c1. The maximum Gasteiger partial charge on any atom is 0.287 e. The topological polar surface area (TPSA) is 93.9 Å². The van der Waals surface area contributed by atoms with Crippen LogP contribution in [0.5, 0.6) is 5.75 Å². The normalized spacial score (nSPS) is 10.7. The molecular weight excluding hydrogens is 292 g/mol. The number of pyridine rings is 1. The number of nitrogens with one attached hydrogen (secondary N) is 1. The van der Waals surface area contributed by atoms with Crippen LogP contribution in [-0.4, -0.2) is 27.0 Å². The molecule has 0 radical (unpaired) electrons. The first-order chi connectivity index (χ1) is 10.2. The van der Waals surface area contributed by atoms with Gasteiger partial charge in [-0.15, -0.1) is 0 Å². The van der Waals surface area contributed by atoms with Gasteiger partial charge in [0.2, 0.25) is 0 Å². The van der Waals surface area contributed by atoms with E-state index in [0.29, 0.717) is 10.2 Å². The van der Waals surface area contributed by atoms with Gasteiger partial charge in [-0.05, 0) is 30.0 Å². The molecule has 0 saturated heterocycles. The summed E-state index contributed by atoms with van der Waals surface area (Å²) in [5, 5.41) is 11.9. The lowest BCUT2D eigenvalue weighted by atomic mass is 10.3. The number of aromatic amines is 1. The Kier molecular flexibility index (Phi) is 3.44. The Bertz CT molecular complexity index is 801. The first-order valence-corrected chi connectivity index (χ1v) is 6.79. The van der Waals surface area contributed by atoms with Crippen LogP contribution in [0.1, 0.15) is 0 Å². The van der Waals surface area contributed by atoms with Crippen LogP contribution in [0.3, 0.4) is 0 Å². The number of benzene rings is 1. The Morgan fingerprint density at radius 1 is 1.33 bits per heavy atom. The zero-order valence-corrected chi connectivity index (χ0v) is 11.8. The third-order valence-electron chi connectivity index (χ3n) is 2.80. The quantitative estimate of drug-likeness (QED) is 0.588. The minimum Gasteiger partial charge on any atom is -0.497 e. The molecule has 0 aliphatic carbocycles. The van der Waals surface area contributed by atoms with Gasteiger partial charge in [-0.25, -0.2) is 9.97 Å². The summed E-state index contributed by atoms with van der Waals surface area (Å²) in [7, 11) is 1.61. The highest BCUT2D eigenvalue weighted by atomic mass is 32.2. The third kappa shape index (κ3) is 2.79. The molecule has 2 heterocycles. The van der Waals surface area contributed by atoms with Crippen LogP contribution in [0.25, 0.3) is 11.0 Å². The lowest BCUT2D eigenvalue weighted by molar-refractivity contribution is -0.385. The van der Waals surface area contributed by atoms with E-state index < -0.39 is 4.92 Å². The number of hydrogen-bond acceptors (Lipinski definition) is 6. The molecule has 0 spiro atoms. The second-order valence-electron chi connectivity index (χ2n) is 4.14. The standard InChI is InChI=1S/C13H10N4O3S/c1-20-9-3-4-10-11(6-9)16-13(15-10)21-12-5-2-8(7-14-12)17(18)19/h2-7H,1H3,(H,15,16). The minimum atomic E-state index is -0.477. The van der Waals surface area contributed by atoms with E-state index in [2.05, 4.69) is 15.0 Å². The van der Waals surface area contributed by atoms with Gasteiger partial charge in [0.05, 0.1) is 23.1 Å². The molecule has 3 rings (SSSR count). The van der Waals surface area contributed by atoms with E-state index in [0.717, 1.165) is 16.8 Å². The van der Waals surface area contributed by atoms with Crippen molar-refractivity contribution >= 4 is 28.5 Å². The molecule has 8 heteroatoms. The number of methoxy groups -OCH3 is 1. The van der Waals surface area contributed by atoms with Crippen LogP contribution in [0, 0.1) is 10.1 Å². The number of imidazole rings is 1. The largest absolute Gasteiger partial charge is 0.497 e. The van der Waals surface area contributed by atoms with Crippen LogP contribution in [0.15, 0.2) is 46.7 Å². The first-order valence-electron chi connectivity index (χ1n) is 5.98. The van der Waals surface area contributed by atoms with Crippen molar-refractivity contribution in [1.29, 1.82) is 0 Å². The monoisotopic (exact) mass is 302 g/mol. The van der Waals surface area contributed by atoms with Crippen molar-refractivity contribution < 1.29 is 9.66 Å². The van der Waals surface area contributed by atoms with Crippen molar-refractivity contribution in [3.05, 3.63) is 46.6 Å². The van der Waals surface area contributed by atoms with Crippen LogP contribution in [-0.2, 0) is 0 Å². The molecule has 1 aromatic carbocycles. The summed E-state index contributed by atoms with van der Waals surface area (Å²) in [6.07, 6.45) is 1.23. The average Bonchev–Trinajstić information content (AvgIpc) is 2.88. The lowest BCUT2D eigenvalue weighted by Crippen LogP contribution is -1.89. The molecule has 1 N–H and O–H groups in total. The summed E-state index contributed by atoms with van der Waals surface area (Å²) in [5.74, 6) is 0.746. The summed E-state index contributed by atoms with van der Waals surface area (Å²) in [4.78, 5) is 21.7. The molecule has 2 aromatic heterocycles. The summed E-state index contributed by atoms with van der Waals surface area (Å²) in [6.45, 7) is 0. The predicted octanol–water partition coefficient (Wildman–Crippen LogP) is 3.03. The van der Waals surface area contributed by atoms with Crippen LogP contribution < -0.4 is 4.74 Å². The Labute approximate surface area is 123 Å². The van der Waals surface area contributed by atoms with E-state index in [1.165, 1.54) is 24.0 Å². The van der Waals surface area contributed by atoms with E-state index in [9.17, 15) is 10.1 Å². The van der Waals surface area contributed by atoms with Crippen LogP contribution in [0.4, 0.5) is 5.69 Å². The third-order valence-corrected chi connectivity index (χ3v) is 3.64. The number of hydrogen-bond donors (Lipinski definition) is 1. The Balaban J connectivity index is 1.85. The number of aromatic nitrogens is 3. The van der Waals surface area contributed by atoms with Crippen LogP contribution >= 0.6 is 11.8 Å². The molecular formula is C13H10N4O3S. The molecule has 7 nitrogen and oxygen atoms in total. The van der Waals surface area contributed by atoms with Crippen molar-refractivity contribution in [3.63, 3.8) is 0 Å². The maximum absolute atomic E-state index is 10.6. The first kappa shape index (κ1) is 13.4. The molecule has 0 saturated carbocycles. The van der Waals surface area contributed by atoms with Crippen molar-refractivity contribution in [3.8, 4) is 5.75 Å². The van der Waals surface area contributed by atoms with Gasteiger partial charge in [-0.3, -0.25) is 10.1 Å². The fourth-order valence-corrected chi connectivity index (χ4v) is 2.53. The fraction of sp³-hybridized carbons (Fsp3) is 0.0769. The number of H-pyrrole nitrogens is 1. The van der Waals surface area contributed by atoms with E-state index in [1.54, 1.807) is 13.2 Å².